The van der Waals surface area contributed by atoms with Crippen LogP contribution in [0.2, 0.25) is 0 Å². The minimum Gasteiger partial charge on any atom is -0.337 e. The van der Waals surface area contributed by atoms with Crippen LogP contribution in [0.4, 0.5) is 5.95 Å². The summed E-state index contributed by atoms with van der Waals surface area (Å²) in [6, 6.07) is 2.42. The molecule has 0 amide bonds. The lowest BCUT2D eigenvalue weighted by Crippen LogP contribution is -2.31. The molecule has 3 nitrogen and oxygen atoms in total. The summed E-state index contributed by atoms with van der Waals surface area (Å²) in [7, 11) is 0. The fourth-order valence-electron chi connectivity index (χ4n) is 1.70. The van der Waals surface area contributed by atoms with Crippen LogP contribution in [0.5, 0.6) is 0 Å². The van der Waals surface area contributed by atoms with Gasteiger partial charge in [0, 0.05) is 30.3 Å². The molecule has 0 N–H and O–H groups in total. The van der Waals surface area contributed by atoms with Crippen molar-refractivity contribution >= 4 is 21.9 Å². The monoisotopic (exact) mass is 241 g/mol. The smallest absolute Gasteiger partial charge is 0.225 e. The van der Waals surface area contributed by atoms with Gasteiger partial charge in [0.2, 0.25) is 5.95 Å². The molecule has 1 aromatic heterocycles. The average molecular weight is 242 g/mol. The van der Waals surface area contributed by atoms with Gasteiger partial charge in [-0.3, -0.25) is 0 Å². The van der Waals surface area contributed by atoms with E-state index >= 15 is 0 Å². The van der Waals surface area contributed by atoms with Gasteiger partial charge >= 0.3 is 0 Å². The van der Waals surface area contributed by atoms with E-state index in [4.69, 9.17) is 0 Å². The van der Waals surface area contributed by atoms with Gasteiger partial charge < -0.3 is 4.90 Å². The van der Waals surface area contributed by atoms with Gasteiger partial charge in [-0.05, 0) is 18.9 Å². The molecule has 1 aliphatic heterocycles. The first kappa shape index (κ1) is 8.94. The molecule has 0 aromatic carbocycles. The molecule has 70 valence electrons. The molecule has 1 fully saturated rings. The predicted molar refractivity (Wildman–Crippen MR) is 56.2 cm³/mol. The quantitative estimate of drug-likeness (QED) is 0.741. The van der Waals surface area contributed by atoms with Crippen molar-refractivity contribution in [3.8, 4) is 0 Å². The highest BCUT2D eigenvalue weighted by atomic mass is 79.9. The molecule has 0 bridgehead atoms. The van der Waals surface area contributed by atoms with Crippen LogP contribution in [-0.2, 0) is 0 Å². The molecule has 0 aliphatic carbocycles. The topological polar surface area (TPSA) is 29.0 Å². The third kappa shape index (κ3) is 1.82. The SMILES string of the molecule is BrCC1CCCN1c1ncccn1. The second kappa shape index (κ2) is 4.05. The van der Waals surface area contributed by atoms with E-state index in [1.807, 2.05) is 6.07 Å². The zero-order valence-corrected chi connectivity index (χ0v) is 8.94. The van der Waals surface area contributed by atoms with E-state index < -0.39 is 0 Å². The van der Waals surface area contributed by atoms with Crippen LogP contribution in [0.25, 0.3) is 0 Å². The number of aromatic nitrogens is 2. The highest BCUT2D eigenvalue weighted by Gasteiger charge is 2.24. The summed E-state index contributed by atoms with van der Waals surface area (Å²) >= 11 is 3.52. The molecular weight excluding hydrogens is 230 g/mol. The summed E-state index contributed by atoms with van der Waals surface area (Å²) in [6.45, 7) is 1.08. The normalized spacial score (nSPS) is 22.2. The van der Waals surface area contributed by atoms with Crippen LogP contribution in [-0.4, -0.2) is 27.9 Å². The first-order valence-corrected chi connectivity index (χ1v) is 5.63. The lowest BCUT2D eigenvalue weighted by atomic mass is 10.2. The van der Waals surface area contributed by atoms with E-state index in [1.165, 1.54) is 12.8 Å². The van der Waals surface area contributed by atoms with E-state index in [0.717, 1.165) is 17.8 Å². The van der Waals surface area contributed by atoms with E-state index in [9.17, 15) is 0 Å². The maximum atomic E-state index is 4.25. The van der Waals surface area contributed by atoms with Crippen molar-refractivity contribution in [3.05, 3.63) is 18.5 Å². The van der Waals surface area contributed by atoms with Gasteiger partial charge in [0.15, 0.2) is 0 Å². The third-order valence-electron chi connectivity index (χ3n) is 2.36. The molecule has 1 atom stereocenters. The lowest BCUT2D eigenvalue weighted by molar-refractivity contribution is 0.730. The van der Waals surface area contributed by atoms with Crippen molar-refractivity contribution in [2.75, 3.05) is 16.8 Å². The summed E-state index contributed by atoms with van der Waals surface area (Å²) in [5, 5.41) is 1.01. The number of rotatable bonds is 2. The Morgan fingerprint density at radius 2 is 2.23 bits per heavy atom. The molecule has 4 heteroatoms. The van der Waals surface area contributed by atoms with Crippen molar-refractivity contribution in [3.63, 3.8) is 0 Å². The van der Waals surface area contributed by atoms with Crippen molar-refractivity contribution < 1.29 is 0 Å². The van der Waals surface area contributed by atoms with Gasteiger partial charge in [-0.15, -0.1) is 0 Å². The minimum absolute atomic E-state index is 0.572. The number of halogens is 1. The standard InChI is InChI=1S/C9H12BrN3/c10-7-8-3-1-6-13(8)9-11-4-2-5-12-9/h2,4-5,8H,1,3,6-7H2. The summed E-state index contributed by atoms with van der Waals surface area (Å²) < 4.78 is 0. The van der Waals surface area contributed by atoms with Crippen LogP contribution in [0.15, 0.2) is 18.5 Å². The van der Waals surface area contributed by atoms with Crippen LogP contribution in [0.3, 0.4) is 0 Å². The second-order valence-electron chi connectivity index (χ2n) is 3.19. The second-order valence-corrected chi connectivity index (χ2v) is 3.84. The zero-order chi connectivity index (χ0) is 9.10. The lowest BCUT2D eigenvalue weighted by Gasteiger charge is -2.22. The molecule has 1 saturated heterocycles. The molecule has 0 spiro atoms. The Morgan fingerprint density at radius 3 is 2.92 bits per heavy atom. The van der Waals surface area contributed by atoms with Crippen molar-refractivity contribution in [1.82, 2.24) is 9.97 Å². The molecule has 1 aromatic rings. The Morgan fingerprint density at radius 1 is 1.46 bits per heavy atom. The fraction of sp³-hybridized carbons (Fsp3) is 0.556. The number of nitrogens with zero attached hydrogens (tertiary/aromatic N) is 3. The zero-order valence-electron chi connectivity index (χ0n) is 7.36. The van der Waals surface area contributed by atoms with Crippen LogP contribution >= 0.6 is 15.9 Å². The third-order valence-corrected chi connectivity index (χ3v) is 3.11. The summed E-state index contributed by atoms with van der Waals surface area (Å²) in [5.74, 6) is 0.865. The number of hydrogen-bond acceptors (Lipinski definition) is 3. The largest absolute Gasteiger partial charge is 0.337 e. The molecule has 0 radical (unpaired) electrons. The van der Waals surface area contributed by atoms with E-state index in [0.29, 0.717) is 6.04 Å². The van der Waals surface area contributed by atoms with Gasteiger partial charge in [-0.2, -0.15) is 0 Å². The molecule has 0 saturated carbocycles. The molecule has 2 heterocycles. The van der Waals surface area contributed by atoms with Gasteiger partial charge in [0.1, 0.15) is 0 Å². The van der Waals surface area contributed by atoms with Crippen LogP contribution in [0.1, 0.15) is 12.8 Å². The summed E-state index contributed by atoms with van der Waals surface area (Å²) in [4.78, 5) is 10.8. The molecule has 1 unspecified atom stereocenters. The van der Waals surface area contributed by atoms with E-state index in [2.05, 4.69) is 30.8 Å². The Kier molecular flexibility index (Phi) is 2.78. The Labute approximate surface area is 86.3 Å². The molecule has 2 rings (SSSR count). The van der Waals surface area contributed by atoms with E-state index in [1.54, 1.807) is 12.4 Å². The van der Waals surface area contributed by atoms with Gasteiger partial charge in [-0.1, -0.05) is 15.9 Å². The molecular formula is C9H12BrN3. The van der Waals surface area contributed by atoms with Gasteiger partial charge in [-0.25, -0.2) is 9.97 Å². The predicted octanol–water partition coefficient (Wildman–Crippen LogP) is 1.84. The van der Waals surface area contributed by atoms with Crippen molar-refractivity contribution in [2.24, 2.45) is 0 Å². The molecule has 1 aliphatic rings. The summed E-state index contributed by atoms with van der Waals surface area (Å²) in [6.07, 6.45) is 6.08. The first-order valence-electron chi connectivity index (χ1n) is 4.51. The maximum Gasteiger partial charge on any atom is 0.225 e. The average Bonchev–Trinajstić information content (AvgIpc) is 2.67. The highest BCUT2D eigenvalue weighted by Crippen LogP contribution is 2.22. The number of anilines is 1. The maximum absolute atomic E-state index is 4.25. The molecule has 13 heavy (non-hydrogen) atoms. The summed E-state index contributed by atoms with van der Waals surface area (Å²) in [5.41, 5.74) is 0. The Balaban J connectivity index is 2.16. The Bertz CT molecular complexity index is 265. The van der Waals surface area contributed by atoms with Crippen LogP contribution in [0, 0.1) is 0 Å². The number of alkyl halides is 1. The highest BCUT2D eigenvalue weighted by molar-refractivity contribution is 9.09. The van der Waals surface area contributed by atoms with E-state index in [-0.39, 0.29) is 0 Å². The first-order chi connectivity index (χ1) is 6.42. The number of hydrogen-bond donors (Lipinski definition) is 0. The fourth-order valence-corrected chi connectivity index (χ4v) is 2.37. The van der Waals surface area contributed by atoms with Gasteiger partial charge in [0.25, 0.3) is 0 Å². The van der Waals surface area contributed by atoms with Crippen LogP contribution < -0.4 is 4.90 Å². The van der Waals surface area contributed by atoms with Gasteiger partial charge in [0.05, 0.1) is 0 Å². The Hall–Kier alpha value is -0.640. The van der Waals surface area contributed by atoms with Crippen molar-refractivity contribution in [2.45, 2.75) is 18.9 Å². The minimum atomic E-state index is 0.572. The van der Waals surface area contributed by atoms with Crippen molar-refractivity contribution in [1.29, 1.82) is 0 Å².